The van der Waals surface area contributed by atoms with E-state index in [0.717, 1.165) is 5.56 Å². The monoisotopic (exact) mass is 297 g/mol. The number of nitrogens with one attached hydrogen (secondary N) is 1. The van der Waals surface area contributed by atoms with Gasteiger partial charge in [0.2, 0.25) is 6.79 Å². The molecule has 2 aromatic carbocycles. The molecule has 4 heteroatoms. The maximum Gasteiger partial charge on any atom is 0.251 e. The second-order valence-electron chi connectivity index (χ2n) is 5.62. The molecule has 1 aliphatic rings. The molecule has 1 heterocycles. The first-order chi connectivity index (χ1) is 10.5. The molecule has 2 aromatic rings. The third-order valence-electron chi connectivity index (χ3n) is 3.87. The van der Waals surface area contributed by atoms with Gasteiger partial charge in [-0.25, -0.2) is 0 Å². The Kier molecular flexibility index (Phi) is 3.75. The van der Waals surface area contributed by atoms with Crippen molar-refractivity contribution in [3.63, 3.8) is 0 Å². The summed E-state index contributed by atoms with van der Waals surface area (Å²) in [5, 5.41) is 3.03. The number of fused-ring (bicyclic) bond motifs is 1. The van der Waals surface area contributed by atoms with E-state index in [4.69, 9.17) is 9.47 Å². The maximum atomic E-state index is 12.4. The Morgan fingerprint density at radius 1 is 1.09 bits per heavy atom. The van der Waals surface area contributed by atoms with E-state index >= 15 is 0 Å². The lowest BCUT2D eigenvalue weighted by atomic mass is 10.00. The summed E-state index contributed by atoms with van der Waals surface area (Å²) in [6, 6.07) is 11.4. The number of amides is 1. The molecule has 0 saturated heterocycles. The summed E-state index contributed by atoms with van der Waals surface area (Å²) >= 11 is 0. The van der Waals surface area contributed by atoms with Crippen LogP contribution in [0.5, 0.6) is 11.5 Å². The van der Waals surface area contributed by atoms with Crippen LogP contribution in [-0.4, -0.2) is 12.7 Å². The number of rotatable bonds is 3. The van der Waals surface area contributed by atoms with Gasteiger partial charge in [-0.2, -0.15) is 0 Å². The Morgan fingerprint density at radius 2 is 1.86 bits per heavy atom. The van der Waals surface area contributed by atoms with Crippen LogP contribution in [0, 0.1) is 13.8 Å². The fourth-order valence-electron chi connectivity index (χ4n) is 2.71. The van der Waals surface area contributed by atoms with E-state index in [-0.39, 0.29) is 18.7 Å². The van der Waals surface area contributed by atoms with Crippen molar-refractivity contribution in [1.82, 2.24) is 5.32 Å². The van der Waals surface area contributed by atoms with Crippen molar-refractivity contribution >= 4 is 5.91 Å². The molecule has 0 aliphatic carbocycles. The normalized spacial score (nSPS) is 13.8. The van der Waals surface area contributed by atoms with Gasteiger partial charge in [-0.15, -0.1) is 0 Å². The number of benzene rings is 2. The van der Waals surface area contributed by atoms with Gasteiger partial charge in [-0.1, -0.05) is 23.8 Å². The van der Waals surface area contributed by atoms with Gasteiger partial charge in [0.25, 0.3) is 5.91 Å². The molecule has 0 bridgehead atoms. The molecule has 3 rings (SSSR count). The van der Waals surface area contributed by atoms with Crippen LogP contribution in [0.1, 0.15) is 40.0 Å². The average molecular weight is 297 g/mol. The molecule has 0 radical (unpaired) electrons. The first-order valence-electron chi connectivity index (χ1n) is 7.32. The van der Waals surface area contributed by atoms with Gasteiger partial charge < -0.3 is 14.8 Å². The molecular formula is C18H19NO3. The third kappa shape index (κ3) is 2.77. The summed E-state index contributed by atoms with van der Waals surface area (Å²) in [6.07, 6.45) is 0. The second-order valence-corrected chi connectivity index (χ2v) is 5.62. The van der Waals surface area contributed by atoms with Gasteiger partial charge in [0, 0.05) is 5.56 Å². The van der Waals surface area contributed by atoms with E-state index in [0.29, 0.717) is 17.1 Å². The number of aryl methyl sites for hydroxylation is 2. The molecule has 1 aliphatic heterocycles. The van der Waals surface area contributed by atoms with Crippen LogP contribution in [-0.2, 0) is 0 Å². The first-order valence-corrected chi connectivity index (χ1v) is 7.32. The van der Waals surface area contributed by atoms with E-state index in [1.54, 1.807) is 18.2 Å². The summed E-state index contributed by atoms with van der Waals surface area (Å²) in [6.45, 7) is 6.32. The van der Waals surface area contributed by atoms with E-state index in [1.165, 1.54) is 11.1 Å². The SMILES string of the molecule is Cc1ccc(C(C)NC(=O)c2ccc3c(c2)OCO3)c(C)c1. The largest absolute Gasteiger partial charge is 0.454 e. The summed E-state index contributed by atoms with van der Waals surface area (Å²) in [5.41, 5.74) is 4.09. The van der Waals surface area contributed by atoms with E-state index in [1.807, 2.05) is 6.92 Å². The Balaban J connectivity index is 1.76. The minimum Gasteiger partial charge on any atom is -0.454 e. The highest BCUT2D eigenvalue weighted by Crippen LogP contribution is 2.32. The highest BCUT2D eigenvalue weighted by Gasteiger charge is 2.18. The molecule has 4 nitrogen and oxygen atoms in total. The molecule has 0 spiro atoms. The molecule has 1 N–H and O–H groups in total. The number of hydrogen-bond donors (Lipinski definition) is 1. The van der Waals surface area contributed by atoms with E-state index < -0.39 is 0 Å². The molecule has 1 amide bonds. The Morgan fingerprint density at radius 3 is 2.64 bits per heavy atom. The third-order valence-corrected chi connectivity index (χ3v) is 3.87. The maximum absolute atomic E-state index is 12.4. The number of hydrogen-bond acceptors (Lipinski definition) is 3. The zero-order valence-electron chi connectivity index (χ0n) is 13.0. The quantitative estimate of drug-likeness (QED) is 0.943. The van der Waals surface area contributed by atoms with Crippen LogP contribution >= 0.6 is 0 Å². The van der Waals surface area contributed by atoms with Crippen molar-refractivity contribution in [1.29, 1.82) is 0 Å². The van der Waals surface area contributed by atoms with Crippen molar-refractivity contribution in [3.8, 4) is 11.5 Å². The highest BCUT2D eigenvalue weighted by atomic mass is 16.7. The number of ether oxygens (including phenoxy) is 2. The fraction of sp³-hybridized carbons (Fsp3) is 0.278. The lowest BCUT2D eigenvalue weighted by molar-refractivity contribution is 0.0939. The summed E-state index contributed by atoms with van der Waals surface area (Å²) in [5.74, 6) is 1.18. The molecule has 22 heavy (non-hydrogen) atoms. The van der Waals surface area contributed by atoms with Crippen molar-refractivity contribution in [2.45, 2.75) is 26.8 Å². The van der Waals surface area contributed by atoms with Gasteiger partial charge in [-0.3, -0.25) is 4.79 Å². The van der Waals surface area contributed by atoms with Crippen LogP contribution in [0.25, 0.3) is 0 Å². The Hall–Kier alpha value is -2.49. The van der Waals surface area contributed by atoms with Crippen molar-refractivity contribution in [3.05, 3.63) is 58.7 Å². The Labute approximate surface area is 130 Å². The summed E-state index contributed by atoms with van der Waals surface area (Å²) in [4.78, 5) is 12.4. The lowest BCUT2D eigenvalue weighted by Gasteiger charge is -2.17. The topological polar surface area (TPSA) is 47.6 Å². The Bertz CT molecular complexity index is 724. The molecule has 1 unspecified atom stereocenters. The highest BCUT2D eigenvalue weighted by molar-refractivity contribution is 5.95. The molecule has 0 aromatic heterocycles. The van der Waals surface area contributed by atoms with Gasteiger partial charge in [-0.05, 0) is 50.1 Å². The van der Waals surface area contributed by atoms with Crippen molar-refractivity contribution in [2.75, 3.05) is 6.79 Å². The fourth-order valence-corrected chi connectivity index (χ4v) is 2.71. The lowest BCUT2D eigenvalue weighted by Crippen LogP contribution is -2.27. The molecule has 0 saturated carbocycles. The standard InChI is InChI=1S/C18H19NO3/c1-11-4-6-15(12(2)8-11)13(3)19-18(20)14-5-7-16-17(9-14)22-10-21-16/h4-9,13H,10H2,1-3H3,(H,19,20). The van der Waals surface area contributed by atoms with E-state index in [2.05, 4.69) is 37.4 Å². The van der Waals surface area contributed by atoms with Crippen molar-refractivity contribution < 1.29 is 14.3 Å². The first kappa shape index (κ1) is 14.4. The molecule has 0 fully saturated rings. The van der Waals surface area contributed by atoms with Crippen LogP contribution in [0.2, 0.25) is 0 Å². The van der Waals surface area contributed by atoms with Gasteiger partial charge in [0.05, 0.1) is 6.04 Å². The van der Waals surface area contributed by atoms with Crippen LogP contribution in [0.15, 0.2) is 36.4 Å². The second kappa shape index (κ2) is 5.72. The van der Waals surface area contributed by atoms with E-state index in [9.17, 15) is 4.79 Å². The summed E-state index contributed by atoms with van der Waals surface area (Å²) in [7, 11) is 0. The number of carbonyl (C=O) groups excluding carboxylic acids is 1. The predicted molar refractivity (Wildman–Crippen MR) is 84.4 cm³/mol. The zero-order chi connectivity index (χ0) is 15.7. The average Bonchev–Trinajstić information content (AvgIpc) is 2.94. The van der Waals surface area contributed by atoms with Crippen LogP contribution in [0.3, 0.4) is 0 Å². The van der Waals surface area contributed by atoms with Gasteiger partial charge in [0.15, 0.2) is 11.5 Å². The summed E-state index contributed by atoms with van der Waals surface area (Å²) < 4.78 is 10.6. The van der Waals surface area contributed by atoms with Crippen LogP contribution in [0.4, 0.5) is 0 Å². The molecular weight excluding hydrogens is 278 g/mol. The minimum absolute atomic E-state index is 0.0569. The zero-order valence-corrected chi connectivity index (χ0v) is 13.0. The smallest absolute Gasteiger partial charge is 0.251 e. The van der Waals surface area contributed by atoms with Crippen LogP contribution < -0.4 is 14.8 Å². The number of carbonyl (C=O) groups is 1. The molecule has 114 valence electrons. The molecule has 1 atom stereocenters. The predicted octanol–water partition coefficient (Wildman–Crippen LogP) is 3.52. The van der Waals surface area contributed by atoms with Crippen molar-refractivity contribution in [2.24, 2.45) is 0 Å². The minimum atomic E-state index is -0.120. The van der Waals surface area contributed by atoms with Gasteiger partial charge >= 0.3 is 0 Å². The van der Waals surface area contributed by atoms with Gasteiger partial charge in [0.1, 0.15) is 0 Å².